The van der Waals surface area contributed by atoms with Gasteiger partial charge in [-0.3, -0.25) is 4.79 Å². The van der Waals surface area contributed by atoms with Crippen molar-refractivity contribution in [1.82, 2.24) is 20.1 Å². The summed E-state index contributed by atoms with van der Waals surface area (Å²) in [5, 5.41) is 12.7. The lowest BCUT2D eigenvalue weighted by Gasteiger charge is -2.20. The molecule has 0 aromatic carbocycles. The highest BCUT2D eigenvalue weighted by Crippen LogP contribution is 2.39. The van der Waals surface area contributed by atoms with Gasteiger partial charge in [0.2, 0.25) is 5.91 Å². The molecule has 0 bridgehead atoms. The van der Waals surface area contributed by atoms with Crippen molar-refractivity contribution in [1.29, 1.82) is 0 Å². The molecule has 0 radical (unpaired) electrons. The smallest absolute Gasteiger partial charge is 0.230 e. The molecule has 1 N–H and O–H groups in total. The maximum Gasteiger partial charge on any atom is 0.230 e. The number of hydrogen-bond acceptors (Lipinski definition) is 4. The number of carbonyl (C=O) groups is 1. The van der Waals surface area contributed by atoms with E-state index in [2.05, 4.69) is 27.0 Å². The van der Waals surface area contributed by atoms with Crippen molar-refractivity contribution >= 4 is 17.7 Å². The Bertz CT molecular complexity index is 519. The van der Waals surface area contributed by atoms with Crippen LogP contribution in [0.4, 0.5) is 0 Å². The number of amides is 1. The van der Waals surface area contributed by atoms with Crippen molar-refractivity contribution < 1.29 is 4.79 Å². The molecule has 0 aliphatic heterocycles. The molecule has 5 nitrogen and oxygen atoms in total. The second-order valence-corrected chi connectivity index (χ2v) is 7.70. The van der Waals surface area contributed by atoms with Gasteiger partial charge in [0.05, 0.1) is 5.75 Å². The molecule has 2 saturated carbocycles. The number of carbonyl (C=O) groups excluding carboxylic acids is 1. The van der Waals surface area contributed by atoms with Crippen molar-refractivity contribution in [3.63, 3.8) is 0 Å². The van der Waals surface area contributed by atoms with Crippen molar-refractivity contribution in [3.05, 3.63) is 5.82 Å². The first-order chi connectivity index (χ1) is 11.3. The van der Waals surface area contributed by atoms with Crippen LogP contribution in [0.1, 0.15) is 76.5 Å². The molecule has 3 rings (SSSR count). The van der Waals surface area contributed by atoms with Gasteiger partial charge in [-0.1, -0.05) is 43.9 Å². The molecule has 1 heterocycles. The molecule has 0 spiro atoms. The van der Waals surface area contributed by atoms with Crippen LogP contribution in [0.2, 0.25) is 0 Å². The minimum atomic E-state index is 0.138. The van der Waals surface area contributed by atoms with Crippen LogP contribution >= 0.6 is 11.8 Å². The fraction of sp³-hybridized carbons (Fsp3) is 0.824. The van der Waals surface area contributed by atoms with Crippen molar-refractivity contribution in [2.24, 2.45) is 0 Å². The fourth-order valence-corrected chi connectivity index (χ4v) is 4.17. The maximum atomic E-state index is 12.2. The van der Waals surface area contributed by atoms with Crippen LogP contribution in [0.25, 0.3) is 0 Å². The first kappa shape index (κ1) is 16.8. The van der Waals surface area contributed by atoms with Crippen LogP contribution in [-0.2, 0) is 11.3 Å². The Morgan fingerprint density at radius 1 is 1.13 bits per heavy atom. The van der Waals surface area contributed by atoms with Gasteiger partial charge in [0.25, 0.3) is 0 Å². The Balaban J connectivity index is 1.48. The number of thioether (sulfide) groups is 1. The number of nitrogens with one attached hydrogen (secondary N) is 1. The number of hydrogen-bond donors (Lipinski definition) is 1. The van der Waals surface area contributed by atoms with Crippen molar-refractivity contribution in [3.8, 4) is 0 Å². The minimum absolute atomic E-state index is 0.138. The van der Waals surface area contributed by atoms with Gasteiger partial charge in [0, 0.05) is 18.5 Å². The Hall–Kier alpha value is -1.04. The second-order valence-electron chi connectivity index (χ2n) is 6.76. The molecule has 2 aliphatic carbocycles. The molecule has 0 unspecified atom stereocenters. The molecule has 0 atom stereocenters. The van der Waals surface area contributed by atoms with E-state index in [1.165, 1.54) is 56.7 Å². The molecular formula is C17H28N4OS. The molecule has 0 saturated heterocycles. The zero-order valence-corrected chi connectivity index (χ0v) is 14.9. The zero-order valence-electron chi connectivity index (χ0n) is 14.1. The highest BCUT2D eigenvalue weighted by molar-refractivity contribution is 7.99. The molecule has 1 aromatic heterocycles. The molecule has 23 heavy (non-hydrogen) atoms. The molecule has 1 aromatic rings. The van der Waals surface area contributed by atoms with Crippen molar-refractivity contribution in [2.75, 3.05) is 5.75 Å². The Kier molecular flexibility index (Phi) is 5.97. The zero-order chi connectivity index (χ0) is 16.1. The highest BCUT2D eigenvalue weighted by atomic mass is 32.2. The Morgan fingerprint density at radius 3 is 2.48 bits per heavy atom. The average molecular weight is 337 g/mol. The van der Waals surface area contributed by atoms with E-state index in [1.54, 1.807) is 0 Å². The number of nitrogens with zero attached hydrogens (tertiary/aromatic N) is 3. The Labute approximate surface area is 143 Å². The van der Waals surface area contributed by atoms with Gasteiger partial charge >= 0.3 is 0 Å². The highest BCUT2D eigenvalue weighted by Gasteiger charge is 2.30. The summed E-state index contributed by atoms with van der Waals surface area (Å²) >= 11 is 1.52. The minimum Gasteiger partial charge on any atom is -0.353 e. The molecule has 6 heteroatoms. The van der Waals surface area contributed by atoms with E-state index in [4.69, 9.17) is 0 Å². The lowest BCUT2D eigenvalue weighted by Crippen LogP contribution is -2.36. The summed E-state index contributed by atoms with van der Waals surface area (Å²) < 4.78 is 2.17. The molecule has 2 aliphatic rings. The van der Waals surface area contributed by atoms with E-state index in [9.17, 15) is 4.79 Å². The van der Waals surface area contributed by atoms with E-state index in [0.717, 1.165) is 30.4 Å². The largest absolute Gasteiger partial charge is 0.353 e. The third-order valence-corrected chi connectivity index (χ3v) is 5.77. The first-order valence-electron chi connectivity index (χ1n) is 9.13. The molecule has 2 fully saturated rings. The van der Waals surface area contributed by atoms with Crippen LogP contribution < -0.4 is 5.32 Å². The lowest BCUT2D eigenvalue weighted by atomic mass is 9.97. The van der Waals surface area contributed by atoms with Gasteiger partial charge in [-0.2, -0.15) is 0 Å². The van der Waals surface area contributed by atoms with Crippen LogP contribution in [0.15, 0.2) is 5.16 Å². The van der Waals surface area contributed by atoms with E-state index in [0.29, 0.717) is 17.7 Å². The lowest BCUT2D eigenvalue weighted by molar-refractivity contribution is -0.119. The predicted octanol–water partition coefficient (Wildman–Crippen LogP) is 3.50. The molecule has 1 amide bonds. The van der Waals surface area contributed by atoms with Gasteiger partial charge in [0.15, 0.2) is 5.16 Å². The average Bonchev–Trinajstić information content (AvgIpc) is 3.28. The van der Waals surface area contributed by atoms with Crippen LogP contribution in [0, 0.1) is 0 Å². The van der Waals surface area contributed by atoms with Crippen LogP contribution in [-0.4, -0.2) is 32.5 Å². The van der Waals surface area contributed by atoms with Gasteiger partial charge in [-0.25, -0.2) is 0 Å². The van der Waals surface area contributed by atoms with Gasteiger partial charge < -0.3 is 9.88 Å². The molecule has 128 valence electrons. The summed E-state index contributed by atoms with van der Waals surface area (Å²) in [7, 11) is 0. The summed E-state index contributed by atoms with van der Waals surface area (Å²) in [5.41, 5.74) is 0. The van der Waals surface area contributed by atoms with Crippen LogP contribution in [0.5, 0.6) is 0 Å². The number of rotatable bonds is 6. The normalized spacial score (nSPS) is 20.0. The summed E-state index contributed by atoms with van der Waals surface area (Å²) in [6.45, 7) is 3.00. The molecular weight excluding hydrogens is 308 g/mol. The second kappa shape index (κ2) is 8.18. The van der Waals surface area contributed by atoms with Gasteiger partial charge in [-0.15, -0.1) is 10.2 Å². The van der Waals surface area contributed by atoms with Crippen molar-refractivity contribution in [2.45, 2.75) is 88.4 Å². The third kappa shape index (κ3) is 4.72. The number of aromatic nitrogens is 3. The predicted molar refractivity (Wildman–Crippen MR) is 92.6 cm³/mol. The quantitative estimate of drug-likeness (QED) is 0.808. The Morgan fingerprint density at radius 2 is 1.83 bits per heavy atom. The van der Waals surface area contributed by atoms with Gasteiger partial charge in [0.1, 0.15) is 5.82 Å². The SMILES string of the molecule is CCn1c(SCC(=O)NC2CCCCCCC2)nnc1C1CC1. The topological polar surface area (TPSA) is 59.8 Å². The fourth-order valence-electron chi connectivity index (χ4n) is 3.35. The van der Waals surface area contributed by atoms with Crippen LogP contribution in [0.3, 0.4) is 0 Å². The summed E-state index contributed by atoms with van der Waals surface area (Å²) in [6.07, 6.45) is 11.2. The first-order valence-corrected chi connectivity index (χ1v) is 10.1. The van der Waals surface area contributed by atoms with E-state index in [-0.39, 0.29) is 5.91 Å². The summed E-state index contributed by atoms with van der Waals surface area (Å²) in [5.74, 6) is 2.29. The standard InChI is InChI=1S/C17H28N4OS/c1-2-21-16(13-10-11-13)19-20-17(21)23-12-15(22)18-14-8-6-4-3-5-7-9-14/h13-14H,2-12H2,1H3,(H,18,22). The third-order valence-electron chi connectivity index (χ3n) is 4.81. The van der Waals surface area contributed by atoms with E-state index < -0.39 is 0 Å². The van der Waals surface area contributed by atoms with E-state index in [1.807, 2.05) is 0 Å². The summed E-state index contributed by atoms with van der Waals surface area (Å²) in [6, 6.07) is 0.370. The monoisotopic (exact) mass is 336 g/mol. The van der Waals surface area contributed by atoms with E-state index >= 15 is 0 Å². The maximum absolute atomic E-state index is 12.2. The van der Waals surface area contributed by atoms with Gasteiger partial charge in [-0.05, 0) is 32.6 Å². The summed E-state index contributed by atoms with van der Waals surface area (Å²) in [4.78, 5) is 12.2.